The first-order valence-corrected chi connectivity index (χ1v) is 11.1. The van der Waals surface area contributed by atoms with Gasteiger partial charge in [0.2, 0.25) is 10.0 Å². The highest BCUT2D eigenvalue weighted by Crippen LogP contribution is 2.26. The Morgan fingerprint density at radius 3 is 2.45 bits per heavy atom. The number of nitrogens with zero attached hydrogens (tertiary/aromatic N) is 2. The summed E-state index contributed by atoms with van der Waals surface area (Å²) in [6.07, 6.45) is 1.04. The van der Waals surface area contributed by atoms with E-state index in [2.05, 4.69) is 10.5 Å². The number of rotatable bonds is 8. The van der Waals surface area contributed by atoms with E-state index < -0.39 is 22.5 Å². The molecule has 1 N–H and O–H groups in total. The lowest BCUT2D eigenvalue weighted by molar-refractivity contribution is -0.119. The van der Waals surface area contributed by atoms with E-state index in [0.29, 0.717) is 28.6 Å². The number of hydrogen-bond acceptors (Lipinski definition) is 5. The number of hydrazone groups is 1. The Morgan fingerprint density at radius 1 is 1.21 bits per heavy atom. The van der Waals surface area contributed by atoms with E-state index in [1.807, 2.05) is 31.2 Å². The molecule has 156 valence electrons. The van der Waals surface area contributed by atoms with Gasteiger partial charge in [-0.2, -0.15) is 5.10 Å². The monoisotopic (exact) mass is 437 g/mol. The lowest BCUT2D eigenvalue weighted by Crippen LogP contribution is -2.39. The van der Waals surface area contributed by atoms with Crippen molar-refractivity contribution in [2.24, 2.45) is 5.10 Å². The van der Waals surface area contributed by atoms with Gasteiger partial charge >= 0.3 is 0 Å². The summed E-state index contributed by atoms with van der Waals surface area (Å²) in [6.45, 7) is 5.55. The molecule has 0 aliphatic heterocycles. The Bertz CT molecular complexity index is 1000. The lowest BCUT2D eigenvalue weighted by Gasteiger charge is -2.23. The fourth-order valence-electron chi connectivity index (χ4n) is 2.57. The zero-order valence-corrected chi connectivity index (χ0v) is 18.3. The molecule has 0 heterocycles. The summed E-state index contributed by atoms with van der Waals surface area (Å²) in [4.78, 5) is 12.4. The van der Waals surface area contributed by atoms with Crippen LogP contribution in [0, 0.1) is 6.92 Å². The Kier molecular flexibility index (Phi) is 7.64. The van der Waals surface area contributed by atoms with Crippen LogP contribution in [0.15, 0.2) is 47.6 Å². The number of anilines is 1. The molecule has 0 spiro atoms. The number of carbonyl (C=O) groups is 1. The van der Waals surface area contributed by atoms with Crippen LogP contribution < -0.4 is 14.5 Å². The minimum atomic E-state index is -3.70. The maximum atomic E-state index is 12.4. The van der Waals surface area contributed by atoms with E-state index in [1.165, 1.54) is 6.07 Å². The minimum Gasteiger partial charge on any atom is -0.494 e. The van der Waals surface area contributed by atoms with Crippen LogP contribution in [0.5, 0.6) is 5.75 Å². The van der Waals surface area contributed by atoms with Gasteiger partial charge in [-0.3, -0.25) is 9.10 Å². The van der Waals surface area contributed by atoms with Crippen molar-refractivity contribution >= 4 is 38.9 Å². The molecule has 7 nitrogen and oxygen atoms in total. The largest absolute Gasteiger partial charge is 0.494 e. The van der Waals surface area contributed by atoms with Crippen molar-refractivity contribution in [2.45, 2.75) is 20.8 Å². The third kappa shape index (κ3) is 6.47. The molecule has 0 bridgehead atoms. The summed E-state index contributed by atoms with van der Waals surface area (Å²) >= 11 is 6.00. The summed E-state index contributed by atoms with van der Waals surface area (Å²) in [5.41, 5.74) is 4.82. The van der Waals surface area contributed by atoms with Crippen molar-refractivity contribution in [1.29, 1.82) is 0 Å². The fourth-order valence-corrected chi connectivity index (χ4v) is 3.64. The molecular weight excluding hydrogens is 414 g/mol. The van der Waals surface area contributed by atoms with Crippen LogP contribution in [0.25, 0.3) is 0 Å². The van der Waals surface area contributed by atoms with Gasteiger partial charge in [-0.1, -0.05) is 17.7 Å². The lowest BCUT2D eigenvalue weighted by atomic mass is 10.1. The van der Waals surface area contributed by atoms with E-state index in [-0.39, 0.29) is 0 Å². The van der Waals surface area contributed by atoms with E-state index in [0.717, 1.165) is 21.9 Å². The Morgan fingerprint density at radius 2 is 1.86 bits per heavy atom. The van der Waals surface area contributed by atoms with Crippen molar-refractivity contribution in [2.75, 3.05) is 23.7 Å². The molecule has 0 aliphatic rings. The minimum absolute atomic E-state index is 0.349. The van der Waals surface area contributed by atoms with Gasteiger partial charge in [-0.25, -0.2) is 13.8 Å². The van der Waals surface area contributed by atoms with Crippen molar-refractivity contribution in [3.05, 3.63) is 58.6 Å². The summed E-state index contributed by atoms with van der Waals surface area (Å²) in [5.74, 6) is 0.175. The summed E-state index contributed by atoms with van der Waals surface area (Å²) in [6, 6.07) is 12.1. The molecule has 9 heteroatoms. The molecule has 0 aromatic heterocycles. The van der Waals surface area contributed by atoms with Crippen molar-refractivity contribution in [3.63, 3.8) is 0 Å². The first-order chi connectivity index (χ1) is 13.6. The molecule has 0 atom stereocenters. The van der Waals surface area contributed by atoms with Crippen LogP contribution in [0.1, 0.15) is 25.0 Å². The normalized spacial score (nSPS) is 11.8. The maximum Gasteiger partial charge on any atom is 0.260 e. The van der Waals surface area contributed by atoms with Crippen LogP contribution in [0.3, 0.4) is 0 Å². The molecule has 2 aromatic rings. The van der Waals surface area contributed by atoms with Gasteiger partial charge in [0.15, 0.2) is 0 Å². The van der Waals surface area contributed by atoms with Crippen molar-refractivity contribution in [3.8, 4) is 5.75 Å². The molecular formula is C20H24ClN3O4S. The van der Waals surface area contributed by atoms with Crippen LogP contribution >= 0.6 is 11.6 Å². The predicted molar refractivity (Wildman–Crippen MR) is 116 cm³/mol. The quantitative estimate of drug-likeness (QED) is 0.506. The number of benzene rings is 2. The number of aryl methyl sites for hydroxylation is 1. The molecule has 1 amide bonds. The standard InChI is InChI=1S/C20H24ClN3O4S/c1-5-28-18-10-7-16(8-11-18)15(3)22-23-20(25)13-24(29(4,26)27)19-12-17(21)9-6-14(19)2/h6-12H,5,13H2,1-4H3,(H,23,25)/b22-15-. The highest BCUT2D eigenvalue weighted by atomic mass is 35.5. The summed E-state index contributed by atoms with van der Waals surface area (Å²) in [7, 11) is -3.70. The van der Waals surface area contributed by atoms with Crippen LogP contribution in [0.4, 0.5) is 5.69 Å². The van der Waals surface area contributed by atoms with Gasteiger partial charge in [0.1, 0.15) is 12.3 Å². The third-order valence-electron chi connectivity index (χ3n) is 4.06. The van der Waals surface area contributed by atoms with Gasteiger partial charge in [0, 0.05) is 5.02 Å². The number of sulfonamides is 1. The van der Waals surface area contributed by atoms with Crippen LogP contribution in [-0.2, 0) is 14.8 Å². The maximum absolute atomic E-state index is 12.4. The Balaban J connectivity index is 2.14. The second-order valence-electron chi connectivity index (χ2n) is 6.39. The number of amides is 1. The van der Waals surface area contributed by atoms with Crippen molar-refractivity contribution < 1.29 is 17.9 Å². The molecule has 2 aromatic carbocycles. The van der Waals surface area contributed by atoms with Gasteiger partial charge in [0.05, 0.1) is 24.3 Å². The second kappa shape index (κ2) is 9.76. The smallest absolute Gasteiger partial charge is 0.260 e. The SMILES string of the molecule is CCOc1ccc(/C(C)=N\NC(=O)CN(c2cc(Cl)ccc2C)S(C)(=O)=O)cc1. The van der Waals surface area contributed by atoms with E-state index >= 15 is 0 Å². The highest BCUT2D eigenvalue weighted by Gasteiger charge is 2.22. The summed E-state index contributed by atoms with van der Waals surface area (Å²) in [5, 5.41) is 4.45. The first-order valence-electron chi connectivity index (χ1n) is 8.92. The zero-order chi connectivity index (χ0) is 21.6. The van der Waals surface area contributed by atoms with Gasteiger partial charge in [0.25, 0.3) is 5.91 Å². The van der Waals surface area contributed by atoms with E-state index in [9.17, 15) is 13.2 Å². The molecule has 29 heavy (non-hydrogen) atoms. The number of hydrogen-bond donors (Lipinski definition) is 1. The number of ether oxygens (including phenoxy) is 1. The average Bonchev–Trinajstić information content (AvgIpc) is 2.66. The average molecular weight is 438 g/mol. The Hall–Kier alpha value is -2.58. The molecule has 0 unspecified atom stereocenters. The van der Waals surface area contributed by atoms with E-state index in [1.54, 1.807) is 26.0 Å². The highest BCUT2D eigenvalue weighted by molar-refractivity contribution is 7.92. The van der Waals surface area contributed by atoms with Gasteiger partial charge in [-0.15, -0.1) is 0 Å². The van der Waals surface area contributed by atoms with Crippen LogP contribution in [0.2, 0.25) is 5.02 Å². The van der Waals surface area contributed by atoms with Crippen LogP contribution in [-0.4, -0.2) is 39.4 Å². The zero-order valence-electron chi connectivity index (χ0n) is 16.8. The fraction of sp³-hybridized carbons (Fsp3) is 0.300. The van der Waals surface area contributed by atoms with Gasteiger partial charge < -0.3 is 4.74 Å². The number of carbonyl (C=O) groups excluding carboxylic acids is 1. The number of halogens is 1. The third-order valence-corrected chi connectivity index (χ3v) is 5.42. The van der Waals surface area contributed by atoms with Gasteiger partial charge in [-0.05, 0) is 68.3 Å². The summed E-state index contributed by atoms with van der Waals surface area (Å²) < 4.78 is 30.9. The Labute approximate surface area is 176 Å². The topological polar surface area (TPSA) is 88.1 Å². The first kappa shape index (κ1) is 22.7. The second-order valence-corrected chi connectivity index (χ2v) is 8.73. The van der Waals surface area contributed by atoms with Crippen molar-refractivity contribution in [1.82, 2.24) is 5.43 Å². The molecule has 0 radical (unpaired) electrons. The molecule has 0 saturated heterocycles. The van der Waals surface area contributed by atoms with E-state index in [4.69, 9.17) is 16.3 Å². The molecule has 0 fully saturated rings. The predicted octanol–water partition coefficient (Wildman–Crippen LogP) is 3.35. The number of nitrogens with one attached hydrogen (secondary N) is 1. The molecule has 0 aliphatic carbocycles. The molecule has 0 saturated carbocycles. The molecule has 2 rings (SSSR count).